The minimum Gasteiger partial charge on any atom is -0.462 e. The van der Waals surface area contributed by atoms with Gasteiger partial charge in [-0.2, -0.15) is 0 Å². The fourth-order valence-electron chi connectivity index (χ4n) is 5.66. The molecule has 0 spiro atoms. The molecule has 0 aliphatic rings. The van der Waals surface area contributed by atoms with Crippen molar-refractivity contribution in [2.24, 2.45) is 11.8 Å². The van der Waals surface area contributed by atoms with Crippen LogP contribution < -0.4 is 0 Å². The average Bonchev–Trinajstić information content (AvgIpc) is 3.03. The molecule has 2 atom stereocenters. The molecule has 1 unspecified atom stereocenters. The van der Waals surface area contributed by atoms with Crippen LogP contribution in [0.1, 0.15) is 208 Å². The summed E-state index contributed by atoms with van der Waals surface area (Å²) in [5.41, 5.74) is 0. The average molecular weight is 653 g/mol. The number of unbranched alkanes of at least 4 members (excludes halogenated alkanes) is 18. The quantitative estimate of drug-likeness (QED) is 0.0391. The second kappa shape index (κ2) is 33.3. The van der Waals surface area contributed by atoms with E-state index >= 15 is 0 Å². The molecule has 46 heavy (non-hydrogen) atoms. The zero-order chi connectivity index (χ0) is 34.1. The SMILES string of the molecule is CCCCCCCC(=O)O[C@H](COC(=O)CCCCCCCCCCCCC(C)C)COC(=O)CCCCCCCCC(C)CC. The number of rotatable bonds is 34. The standard InChI is InChI=1S/C40H76O6/c1-6-8-9-18-27-32-40(43)46-37(34-45-39(42)31-26-22-17-16-20-24-29-36(5)7-2)33-44-38(41)30-25-21-15-13-11-10-12-14-19-23-28-35(3)4/h35-37H,6-34H2,1-5H3/t36?,37-/m1/s1. The lowest BCUT2D eigenvalue weighted by Crippen LogP contribution is -2.30. The van der Waals surface area contributed by atoms with Crippen LogP contribution in [-0.2, 0) is 28.6 Å². The van der Waals surface area contributed by atoms with Crippen molar-refractivity contribution in [3.05, 3.63) is 0 Å². The highest BCUT2D eigenvalue weighted by atomic mass is 16.6. The minimum absolute atomic E-state index is 0.0680. The zero-order valence-corrected chi connectivity index (χ0v) is 31.2. The topological polar surface area (TPSA) is 78.9 Å². The molecule has 0 heterocycles. The normalized spacial score (nSPS) is 12.7. The summed E-state index contributed by atoms with van der Waals surface area (Å²) >= 11 is 0. The number of hydrogen-bond donors (Lipinski definition) is 0. The van der Waals surface area contributed by atoms with Crippen LogP contribution in [0.5, 0.6) is 0 Å². The first kappa shape index (κ1) is 44.4. The lowest BCUT2D eigenvalue weighted by atomic mass is 10.00. The Morgan fingerprint density at radius 2 is 0.826 bits per heavy atom. The van der Waals surface area contributed by atoms with E-state index in [4.69, 9.17) is 14.2 Å². The molecule has 272 valence electrons. The number of carbonyl (C=O) groups is 3. The van der Waals surface area contributed by atoms with Gasteiger partial charge < -0.3 is 14.2 Å². The summed E-state index contributed by atoms with van der Waals surface area (Å²) in [6.45, 7) is 11.2. The van der Waals surface area contributed by atoms with Gasteiger partial charge in [-0.1, -0.05) is 169 Å². The van der Waals surface area contributed by atoms with Gasteiger partial charge in [0.05, 0.1) is 0 Å². The molecule has 0 aromatic carbocycles. The lowest BCUT2D eigenvalue weighted by molar-refractivity contribution is -0.167. The van der Waals surface area contributed by atoms with Crippen LogP contribution in [0.15, 0.2) is 0 Å². The van der Waals surface area contributed by atoms with E-state index in [1.54, 1.807) is 0 Å². The maximum absolute atomic E-state index is 12.5. The maximum atomic E-state index is 12.5. The summed E-state index contributed by atoms with van der Waals surface area (Å²) in [7, 11) is 0. The molecule has 0 radical (unpaired) electrons. The Kier molecular flexibility index (Phi) is 32.2. The van der Waals surface area contributed by atoms with Crippen LogP contribution in [-0.4, -0.2) is 37.2 Å². The van der Waals surface area contributed by atoms with Crippen molar-refractivity contribution in [2.45, 2.75) is 214 Å². The van der Waals surface area contributed by atoms with E-state index in [1.165, 1.54) is 89.9 Å². The molecule has 0 saturated carbocycles. The Balaban J connectivity index is 4.23. The lowest BCUT2D eigenvalue weighted by Gasteiger charge is -2.18. The summed E-state index contributed by atoms with van der Waals surface area (Å²) in [6.07, 6.45) is 28.3. The van der Waals surface area contributed by atoms with Gasteiger partial charge in [0, 0.05) is 19.3 Å². The molecule has 0 fully saturated rings. The van der Waals surface area contributed by atoms with Crippen molar-refractivity contribution < 1.29 is 28.6 Å². The van der Waals surface area contributed by atoms with E-state index in [1.807, 2.05) is 0 Å². The second-order valence-electron chi connectivity index (χ2n) is 14.3. The fourth-order valence-corrected chi connectivity index (χ4v) is 5.66. The predicted molar refractivity (Wildman–Crippen MR) is 192 cm³/mol. The third kappa shape index (κ3) is 32.4. The number of ether oxygens (including phenoxy) is 3. The smallest absolute Gasteiger partial charge is 0.306 e. The first-order valence-electron chi connectivity index (χ1n) is 19.8. The van der Waals surface area contributed by atoms with Gasteiger partial charge in [-0.3, -0.25) is 14.4 Å². The molecule has 0 bridgehead atoms. The summed E-state index contributed by atoms with van der Waals surface area (Å²) in [4.78, 5) is 37.2. The predicted octanol–water partition coefficient (Wildman–Crippen LogP) is 11.8. The van der Waals surface area contributed by atoms with E-state index < -0.39 is 6.10 Å². The van der Waals surface area contributed by atoms with Gasteiger partial charge in [0.25, 0.3) is 0 Å². The van der Waals surface area contributed by atoms with E-state index in [-0.39, 0.29) is 31.1 Å². The van der Waals surface area contributed by atoms with E-state index in [9.17, 15) is 14.4 Å². The van der Waals surface area contributed by atoms with Crippen molar-refractivity contribution in [2.75, 3.05) is 13.2 Å². The van der Waals surface area contributed by atoms with E-state index in [2.05, 4.69) is 34.6 Å². The van der Waals surface area contributed by atoms with Crippen LogP contribution in [0.2, 0.25) is 0 Å². The highest BCUT2D eigenvalue weighted by Crippen LogP contribution is 2.16. The van der Waals surface area contributed by atoms with Gasteiger partial charge >= 0.3 is 17.9 Å². The highest BCUT2D eigenvalue weighted by Gasteiger charge is 2.19. The third-order valence-corrected chi connectivity index (χ3v) is 9.08. The van der Waals surface area contributed by atoms with Gasteiger partial charge in [-0.05, 0) is 31.1 Å². The molecule has 6 heteroatoms. The first-order valence-corrected chi connectivity index (χ1v) is 19.8. The Morgan fingerprint density at radius 1 is 0.457 bits per heavy atom. The third-order valence-electron chi connectivity index (χ3n) is 9.08. The maximum Gasteiger partial charge on any atom is 0.306 e. The number of carbonyl (C=O) groups excluding carboxylic acids is 3. The van der Waals surface area contributed by atoms with Crippen LogP contribution in [0, 0.1) is 11.8 Å². The van der Waals surface area contributed by atoms with Crippen LogP contribution in [0.3, 0.4) is 0 Å². The van der Waals surface area contributed by atoms with Gasteiger partial charge in [0.2, 0.25) is 0 Å². The molecule has 0 aliphatic heterocycles. The zero-order valence-electron chi connectivity index (χ0n) is 31.2. The van der Waals surface area contributed by atoms with Crippen molar-refractivity contribution in [3.63, 3.8) is 0 Å². The van der Waals surface area contributed by atoms with Gasteiger partial charge in [-0.25, -0.2) is 0 Å². The Labute approximate surface area is 285 Å². The van der Waals surface area contributed by atoms with Crippen LogP contribution in [0.4, 0.5) is 0 Å². The van der Waals surface area contributed by atoms with Crippen LogP contribution in [0.25, 0.3) is 0 Å². The minimum atomic E-state index is -0.757. The molecule has 0 aromatic rings. The largest absolute Gasteiger partial charge is 0.462 e. The molecule has 0 N–H and O–H groups in total. The van der Waals surface area contributed by atoms with Crippen LogP contribution >= 0.6 is 0 Å². The molecule has 0 saturated heterocycles. The van der Waals surface area contributed by atoms with E-state index in [0.29, 0.717) is 19.3 Å². The molecule has 0 rings (SSSR count). The monoisotopic (exact) mass is 653 g/mol. The fraction of sp³-hybridized carbons (Fsp3) is 0.925. The summed E-state index contributed by atoms with van der Waals surface area (Å²) < 4.78 is 16.5. The van der Waals surface area contributed by atoms with Gasteiger partial charge in [0.1, 0.15) is 13.2 Å². The van der Waals surface area contributed by atoms with Crippen molar-refractivity contribution in [1.82, 2.24) is 0 Å². The van der Waals surface area contributed by atoms with E-state index in [0.717, 1.165) is 76.0 Å². The summed E-state index contributed by atoms with van der Waals surface area (Å²) in [5.74, 6) is 0.750. The Morgan fingerprint density at radius 3 is 1.24 bits per heavy atom. The molecule has 0 amide bonds. The highest BCUT2D eigenvalue weighted by molar-refractivity contribution is 5.71. The first-order chi connectivity index (χ1) is 22.3. The Bertz CT molecular complexity index is 706. The van der Waals surface area contributed by atoms with Crippen molar-refractivity contribution in [3.8, 4) is 0 Å². The number of esters is 3. The van der Waals surface area contributed by atoms with Gasteiger partial charge in [-0.15, -0.1) is 0 Å². The molecule has 6 nitrogen and oxygen atoms in total. The number of hydrogen-bond acceptors (Lipinski definition) is 6. The van der Waals surface area contributed by atoms with Gasteiger partial charge in [0.15, 0.2) is 6.10 Å². The molecule has 0 aromatic heterocycles. The summed E-state index contributed by atoms with van der Waals surface area (Å²) in [5, 5.41) is 0. The molecule has 0 aliphatic carbocycles. The second-order valence-corrected chi connectivity index (χ2v) is 14.3. The Hall–Kier alpha value is -1.59. The summed E-state index contributed by atoms with van der Waals surface area (Å²) in [6, 6.07) is 0. The molecular formula is C40H76O6. The van der Waals surface area contributed by atoms with Crippen molar-refractivity contribution in [1.29, 1.82) is 0 Å². The molecular weight excluding hydrogens is 576 g/mol. The van der Waals surface area contributed by atoms with Crippen molar-refractivity contribution >= 4 is 17.9 Å².